The van der Waals surface area contributed by atoms with Crippen LogP contribution in [0.5, 0.6) is 0 Å². The van der Waals surface area contributed by atoms with E-state index in [4.69, 9.17) is 0 Å². The number of hydrogen-bond acceptors (Lipinski definition) is 4. The van der Waals surface area contributed by atoms with Crippen molar-refractivity contribution in [1.29, 1.82) is 0 Å². The fourth-order valence-electron chi connectivity index (χ4n) is 1.89. The Bertz CT molecular complexity index is 650. The van der Waals surface area contributed by atoms with Crippen molar-refractivity contribution in [3.8, 4) is 0 Å². The number of aromatic nitrogens is 2. The number of hydrogen-bond donors (Lipinski definition) is 0. The maximum absolute atomic E-state index is 12.5. The van der Waals surface area contributed by atoms with Crippen molar-refractivity contribution in [3.05, 3.63) is 46.8 Å². The van der Waals surface area contributed by atoms with Gasteiger partial charge in [-0.25, -0.2) is 4.63 Å². The first kappa shape index (κ1) is 16.0. The summed E-state index contributed by atoms with van der Waals surface area (Å²) in [6.45, 7) is 4.03. The van der Waals surface area contributed by atoms with Gasteiger partial charge in [-0.15, -0.1) is 0 Å². The molecule has 0 bridgehead atoms. The van der Waals surface area contributed by atoms with Crippen LogP contribution in [0.25, 0.3) is 0 Å². The van der Waals surface area contributed by atoms with Crippen molar-refractivity contribution in [2.45, 2.75) is 26.6 Å². The van der Waals surface area contributed by atoms with Gasteiger partial charge in [-0.3, -0.25) is 4.79 Å². The molecule has 0 spiro atoms. The molecule has 5 nitrogen and oxygen atoms in total. The van der Waals surface area contributed by atoms with Crippen LogP contribution < -0.4 is 0 Å². The molecule has 0 aliphatic heterocycles. The van der Waals surface area contributed by atoms with Crippen molar-refractivity contribution in [2.75, 3.05) is 6.54 Å². The number of carbonyl (C=O) groups is 1. The minimum absolute atomic E-state index is 0.184. The average Bonchev–Trinajstić information content (AvgIpc) is 2.88. The van der Waals surface area contributed by atoms with E-state index in [2.05, 4.69) is 14.9 Å². The lowest BCUT2D eigenvalue weighted by Crippen LogP contribution is -2.30. The number of rotatable bonds is 4. The SMILES string of the molecule is CCN(Cc1nonc1C)C(=O)c1ccc(C(F)(F)F)cc1. The van der Waals surface area contributed by atoms with E-state index in [1.54, 1.807) is 13.8 Å². The molecule has 0 saturated carbocycles. The maximum Gasteiger partial charge on any atom is 0.416 e. The third kappa shape index (κ3) is 3.44. The smallest absolute Gasteiger partial charge is 0.333 e. The van der Waals surface area contributed by atoms with Gasteiger partial charge in [0.25, 0.3) is 5.91 Å². The highest BCUT2D eigenvalue weighted by atomic mass is 19.4. The van der Waals surface area contributed by atoms with Gasteiger partial charge in [0.05, 0.1) is 12.1 Å². The minimum atomic E-state index is -4.42. The summed E-state index contributed by atoms with van der Waals surface area (Å²) >= 11 is 0. The largest absolute Gasteiger partial charge is 0.416 e. The Balaban J connectivity index is 2.16. The Morgan fingerprint density at radius 2 is 1.86 bits per heavy atom. The molecular formula is C14H14F3N3O2. The molecule has 1 aromatic carbocycles. The Morgan fingerprint density at radius 1 is 1.23 bits per heavy atom. The van der Waals surface area contributed by atoms with Crippen LogP contribution in [0.15, 0.2) is 28.9 Å². The van der Waals surface area contributed by atoms with Gasteiger partial charge in [-0.2, -0.15) is 13.2 Å². The van der Waals surface area contributed by atoms with Crippen LogP contribution in [0, 0.1) is 6.92 Å². The molecule has 2 rings (SSSR count). The minimum Gasteiger partial charge on any atom is -0.333 e. The number of aryl methyl sites for hydroxylation is 1. The summed E-state index contributed by atoms with van der Waals surface area (Å²) < 4.78 is 42.1. The zero-order valence-corrected chi connectivity index (χ0v) is 12.0. The number of amides is 1. The van der Waals surface area contributed by atoms with E-state index in [0.29, 0.717) is 17.9 Å². The first-order valence-electron chi connectivity index (χ1n) is 6.57. The second kappa shape index (κ2) is 6.17. The second-order valence-electron chi connectivity index (χ2n) is 4.69. The average molecular weight is 313 g/mol. The van der Waals surface area contributed by atoms with Gasteiger partial charge in [0.1, 0.15) is 11.4 Å². The predicted molar refractivity (Wildman–Crippen MR) is 70.9 cm³/mol. The van der Waals surface area contributed by atoms with Crippen LogP contribution >= 0.6 is 0 Å². The molecule has 0 fully saturated rings. The number of alkyl halides is 3. The Kier molecular flexibility index (Phi) is 4.48. The molecule has 22 heavy (non-hydrogen) atoms. The van der Waals surface area contributed by atoms with Crippen LogP contribution in [0.1, 0.15) is 34.2 Å². The molecule has 1 amide bonds. The molecule has 0 saturated heterocycles. The van der Waals surface area contributed by atoms with Gasteiger partial charge < -0.3 is 4.90 Å². The highest BCUT2D eigenvalue weighted by molar-refractivity contribution is 5.94. The lowest BCUT2D eigenvalue weighted by molar-refractivity contribution is -0.137. The zero-order valence-electron chi connectivity index (χ0n) is 12.0. The van der Waals surface area contributed by atoms with E-state index in [1.165, 1.54) is 17.0 Å². The number of carbonyl (C=O) groups excluding carboxylic acids is 1. The first-order chi connectivity index (χ1) is 10.3. The first-order valence-corrected chi connectivity index (χ1v) is 6.57. The third-order valence-electron chi connectivity index (χ3n) is 3.22. The van der Waals surface area contributed by atoms with Gasteiger partial charge in [0.2, 0.25) is 0 Å². The molecule has 0 atom stereocenters. The summed E-state index contributed by atoms with van der Waals surface area (Å²) in [6.07, 6.45) is -4.42. The van der Waals surface area contributed by atoms with Crippen molar-refractivity contribution in [2.24, 2.45) is 0 Å². The molecule has 2 aromatic rings. The molecule has 0 radical (unpaired) electrons. The summed E-state index contributed by atoms with van der Waals surface area (Å²) in [5.41, 5.74) is 0.480. The highest BCUT2D eigenvalue weighted by Gasteiger charge is 2.30. The lowest BCUT2D eigenvalue weighted by Gasteiger charge is -2.20. The van der Waals surface area contributed by atoms with E-state index in [9.17, 15) is 18.0 Å². The lowest BCUT2D eigenvalue weighted by atomic mass is 10.1. The third-order valence-corrected chi connectivity index (χ3v) is 3.22. The van der Waals surface area contributed by atoms with Gasteiger partial charge in [0, 0.05) is 12.1 Å². The standard InChI is InChI=1S/C14H14F3N3O2/c1-3-20(8-12-9(2)18-22-19-12)13(21)10-4-6-11(7-5-10)14(15,16)17/h4-7H,3,8H2,1-2H3. The summed E-state index contributed by atoms with van der Waals surface area (Å²) in [7, 11) is 0. The molecule has 1 heterocycles. The number of halogens is 3. The van der Waals surface area contributed by atoms with E-state index in [1.807, 2.05) is 0 Å². The van der Waals surface area contributed by atoms with Crippen LogP contribution in [0.4, 0.5) is 13.2 Å². The van der Waals surface area contributed by atoms with Gasteiger partial charge in [-0.1, -0.05) is 10.3 Å². The van der Waals surface area contributed by atoms with Crippen LogP contribution in [0.3, 0.4) is 0 Å². The topological polar surface area (TPSA) is 59.2 Å². The quantitative estimate of drug-likeness (QED) is 0.870. The van der Waals surface area contributed by atoms with E-state index >= 15 is 0 Å². The number of nitrogens with zero attached hydrogens (tertiary/aromatic N) is 3. The van der Waals surface area contributed by atoms with E-state index < -0.39 is 11.7 Å². The Labute approximate surface area is 124 Å². The highest BCUT2D eigenvalue weighted by Crippen LogP contribution is 2.29. The molecule has 0 aliphatic carbocycles. The molecule has 0 N–H and O–H groups in total. The summed E-state index contributed by atoms with van der Waals surface area (Å²) in [6, 6.07) is 4.12. The summed E-state index contributed by atoms with van der Waals surface area (Å²) in [5.74, 6) is -0.376. The van der Waals surface area contributed by atoms with Crippen LogP contribution in [-0.4, -0.2) is 27.7 Å². The maximum atomic E-state index is 12.5. The van der Waals surface area contributed by atoms with Gasteiger partial charge in [-0.05, 0) is 38.1 Å². The zero-order chi connectivity index (χ0) is 16.3. The Hall–Kier alpha value is -2.38. The van der Waals surface area contributed by atoms with Crippen molar-refractivity contribution < 1.29 is 22.6 Å². The monoisotopic (exact) mass is 313 g/mol. The van der Waals surface area contributed by atoms with E-state index in [0.717, 1.165) is 12.1 Å². The Morgan fingerprint density at radius 3 is 2.32 bits per heavy atom. The summed E-state index contributed by atoms with van der Waals surface area (Å²) in [4.78, 5) is 13.8. The second-order valence-corrected chi connectivity index (χ2v) is 4.69. The molecule has 8 heteroatoms. The molecule has 0 aliphatic rings. The molecule has 1 aromatic heterocycles. The van der Waals surface area contributed by atoms with Crippen molar-refractivity contribution in [1.82, 2.24) is 15.2 Å². The normalized spacial score (nSPS) is 11.5. The van der Waals surface area contributed by atoms with Crippen LogP contribution in [0.2, 0.25) is 0 Å². The van der Waals surface area contributed by atoms with Crippen molar-refractivity contribution in [3.63, 3.8) is 0 Å². The fraction of sp³-hybridized carbons (Fsp3) is 0.357. The molecular weight excluding hydrogens is 299 g/mol. The predicted octanol–water partition coefficient (Wildman–Crippen LogP) is 3.06. The molecule has 118 valence electrons. The van der Waals surface area contributed by atoms with Gasteiger partial charge in [0.15, 0.2) is 0 Å². The molecule has 0 unspecified atom stereocenters. The summed E-state index contributed by atoms with van der Waals surface area (Å²) in [5, 5.41) is 7.32. The fourth-order valence-corrected chi connectivity index (χ4v) is 1.89. The van der Waals surface area contributed by atoms with E-state index in [-0.39, 0.29) is 18.0 Å². The number of benzene rings is 1. The van der Waals surface area contributed by atoms with Crippen LogP contribution in [-0.2, 0) is 12.7 Å². The van der Waals surface area contributed by atoms with Gasteiger partial charge >= 0.3 is 6.18 Å². The van der Waals surface area contributed by atoms with Crippen molar-refractivity contribution >= 4 is 5.91 Å².